The van der Waals surface area contributed by atoms with Gasteiger partial charge < -0.3 is 9.84 Å². The number of carboxylic acid groups (broad SMARTS) is 1. The molecule has 0 radical (unpaired) electrons. The van der Waals surface area contributed by atoms with E-state index in [1.165, 1.54) is 12.1 Å². The zero-order chi connectivity index (χ0) is 15.6. The number of nitro groups is 1. The largest absolute Gasteiger partial charge is 0.477 e. The van der Waals surface area contributed by atoms with Crippen LogP contribution in [0.5, 0.6) is 0 Å². The lowest BCUT2D eigenvalue weighted by atomic mass is 10.0. The fourth-order valence-corrected chi connectivity index (χ4v) is 2.80. The fourth-order valence-electron chi connectivity index (χ4n) is 2.80. The Morgan fingerprint density at radius 2 is 2.29 bits per heavy atom. The molecule has 0 saturated carbocycles. The number of hydrogen-bond acceptors (Lipinski definition) is 5. The van der Waals surface area contributed by atoms with Crippen LogP contribution >= 0.6 is 0 Å². The molecule has 21 heavy (non-hydrogen) atoms. The number of carbonyl (C=O) groups is 1. The van der Waals surface area contributed by atoms with Crippen LogP contribution in [0.25, 0.3) is 0 Å². The molecule has 0 bridgehead atoms. The van der Waals surface area contributed by atoms with Crippen LogP contribution in [0.1, 0.15) is 29.3 Å². The molecule has 1 aromatic rings. The molecule has 0 aromatic heterocycles. The van der Waals surface area contributed by atoms with E-state index in [-0.39, 0.29) is 23.4 Å². The molecule has 1 aliphatic heterocycles. The van der Waals surface area contributed by atoms with Gasteiger partial charge >= 0.3 is 5.97 Å². The van der Waals surface area contributed by atoms with Crippen molar-refractivity contribution in [1.82, 2.24) is 4.90 Å². The number of aromatic carboxylic acids is 1. The lowest BCUT2D eigenvalue weighted by Gasteiger charge is -2.27. The minimum atomic E-state index is -1.28. The normalized spacial score (nSPS) is 21.7. The standard InChI is InChI=1S/C14H18N2O5/c1-9-11(6-7-21-9)15(2)8-10-4-3-5-12(16(19)20)13(10)14(17)18/h3-5,9,11H,6-8H2,1-2H3,(H,17,18). The van der Waals surface area contributed by atoms with E-state index in [1.54, 1.807) is 6.07 Å². The second-order valence-corrected chi connectivity index (χ2v) is 5.22. The van der Waals surface area contributed by atoms with Crippen LogP contribution in [0, 0.1) is 10.1 Å². The molecular formula is C14H18N2O5. The summed E-state index contributed by atoms with van der Waals surface area (Å²) in [5.41, 5.74) is -0.164. The van der Waals surface area contributed by atoms with Crippen molar-refractivity contribution in [2.24, 2.45) is 0 Å². The molecule has 2 rings (SSSR count). The van der Waals surface area contributed by atoms with E-state index in [1.807, 2.05) is 18.9 Å². The molecule has 1 heterocycles. The van der Waals surface area contributed by atoms with Crippen LogP contribution in [0.15, 0.2) is 18.2 Å². The second-order valence-electron chi connectivity index (χ2n) is 5.22. The molecule has 1 saturated heterocycles. The molecule has 0 aliphatic carbocycles. The summed E-state index contributed by atoms with van der Waals surface area (Å²) in [7, 11) is 1.88. The summed E-state index contributed by atoms with van der Waals surface area (Å²) in [5, 5.41) is 20.3. The van der Waals surface area contributed by atoms with Crippen LogP contribution in [0.3, 0.4) is 0 Å². The Morgan fingerprint density at radius 1 is 1.57 bits per heavy atom. The van der Waals surface area contributed by atoms with Crippen LogP contribution in [0.4, 0.5) is 5.69 Å². The number of rotatable bonds is 5. The van der Waals surface area contributed by atoms with Crippen molar-refractivity contribution in [3.63, 3.8) is 0 Å². The summed E-state index contributed by atoms with van der Waals surface area (Å²) in [6.07, 6.45) is 0.941. The van der Waals surface area contributed by atoms with Crippen LogP contribution in [-0.4, -0.2) is 46.7 Å². The molecule has 2 unspecified atom stereocenters. The number of likely N-dealkylation sites (N-methyl/N-ethyl adjacent to an activating group) is 1. The number of hydrogen-bond donors (Lipinski definition) is 1. The molecule has 0 amide bonds. The summed E-state index contributed by atoms with van der Waals surface area (Å²) >= 11 is 0. The van der Waals surface area contributed by atoms with Gasteiger partial charge in [0.1, 0.15) is 5.56 Å². The highest BCUT2D eigenvalue weighted by Gasteiger charge is 2.30. The van der Waals surface area contributed by atoms with Gasteiger partial charge in [0.25, 0.3) is 5.69 Å². The van der Waals surface area contributed by atoms with Crippen molar-refractivity contribution >= 4 is 11.7 Å². The number of nitrogens with zero attached hydrogens (tertiary/aromatic N) is 2. The van der Waals surface area contributed by atoms with Crippen molar-refractivity contribution in [3.8, 4) is 0 Å². The van der Waals surface area contributed by atoms with Crippen molar-refractivity contribution < 1.29 is 19.6 Å². The Morgan fingerprint density at radius 3 is 2.81 bits per heavy atom. The van der Waals surface area contributed by atoms with Gasteiger partial charge in [0, 0.05) is 25.3 Å². The topological polar surface area (TPSA) is 92.9 Å². The monoisotopic (exact) mass is 294 g/mol. The summed E-state index contributed by atoms with van der Waals surface area (Å²) < 4.78 is 5.50. The van der Waals surface area contributed by atoms with E-state index in [0.29, 0.717) is 18.7 Å². The highest BCUT2D eigenvalue weighted by atomic mass is 16.6. The van der Waals surface area contributed by atoms with Gasteiger partial charge in [-0.25, -0.2) is 4.79 Å². The highest BCUT2D eigenvalue weighted by molar-refractivity contribution is 5.94. The van der Waals surface area contributed by atoms with E-state index in [9.17, 15) is 20.0 Å². The van der Waals surface area contributed by atoms with E-state index < -0.39 is 10.9 Å². The Bertz CT molecular complexity index is 560. The maximum absolute atomic E-state index is 11.4. The van der Waals surface area contributed by atoms with Gasteiger partial charge in [-0.2, -0.15) is 0 Å². The molecule has 114 valence electrons. The molecule has 1 aromatic carbocycles. The summed E-state index contributed by atoms with van der Waals surface area (Å²) in [5.74, 6) is -1.28. The SMILES string of the molecule is CC1OCCC1N(C)Cc1cccc([N+](=O)[O-])c1C(=O)O. The van der Waals surface area contributed by atoms with Gasteiger partial charge in [0.05, 0.1) is 11.0 Å². The van der Waals surface area contributed by atoms with Gasteiger partial charge in [0.15, 0.2) is 0 Å². The Hall–Kier alpha value is -1.99. The Labute approximate surface area is 122 Å². The van der Waals surface area contributed by atoms with Crippen molar-refractivity contribution in [1.29, 1.82) is 0 Å². The number of nitro benzene ring substituents is 1. The first kappa shape index (κ1) is 15.4. The van der Waals surface area contributed by atoms with Gasteiger partial charge in [-0.3, -0.25) is 15.0 Å². The molecule has 1 fully saturated rings. The van der Waals surface area contributed by atoms with Crippen molar-refractivity contribution in [3.05, 3.63) is 39.4 Å². The first-order chi connectivity index (χ1) is 9.91. The highest BCUT2D eigenvalue weighted by Crippen LogP contribution is 2.26. The fraction of sp³-hybridized carbons (Fsp3) is 0.500. The van der Waals surface area contributed by atoms with Crippen LogP contribution < -0.4 is 0 Å². The summed E-state index contributed by atoms with van der Waals surface area (Å²) in [4.78, 5) is 23.7. The Balaban J connectivity index is 2.29. The van der Waals surface area contributed by atoms with E-state index in [2.05, 4.69) is 0 Å². The molecule has 0 spiro atoms. The van der Waals surface area contributed by atoms with E-state index in [0.717, 1.165) is 6.42 Å². The number of ether oxygens (including phenoxy) is 1. The molecule has 7 heteroatoms. The summed E-state index contributed by atoms with van der Waals surface area (Å²) in [6.45, 7) is 2.98. The smallest absolute Gasteiger partial charge is 0.343 e. The second kappa shape index (κ2) is 6.19. The van der Waals surface area contributed by atoms with Crippen LogP contribution in [-0.2, 0) is 11.3 Å². The maximum atomic E-state index is 11.4. The van der Waals surface area contributed by atoms with Crippen molar-refractivity contribution in [2.75, 3.05) is 13.7 Å². The first-order valence-corrected chi connectivity index (χ1v) is 6.73. The minimum Gasteiger partial charge on any atom is -0.477 e. The molecular weight excluding hydrogens is 276 g/mol. The molecule has 2 atom stereocenters. The van der Waals surface area contributed by atoms with Crippen LogP contribution in [0.2, 0.25) is 0 Å². The number of carboxylic acids is 1. The predicted molar refractivity (Wildman–Crippen MR) is 75.3 cm³/mol. The maximum Gasteiger partial charge on any atom is 0.343 e. The van der Waals surface area contributed by atoms with Crippen molar-refractivity contribution in [2.45, 2.75) is 32.0 Å². The van der Waals surface area contributed by atoms with E-state index >= 15 is 0 Å². The summed E-state index contributed by atoms with van der Waals surface area (Å²) in [6, 6.07) is 4.54. The Kier molecular flexibility index (Phi) is 4.54. The third-order valence-electron chi connectivity index (χ3n) is 3.86. The van der Waals surface area contributed by atoms with Gasteiger partial charge in [-0.1, -0.05) is 12.1 Å². The molecule has 1 N–H and O–H groups in total. The third-order valence-corrected chi connectivity index (χ3v) is 3.86. The minimum absolute atomic E-state index is 0.0713. The predicted octanol–water partition coefficient (Wildman–Crippen LogP) is 1.90. The zero-order valence-corrected chi connectivity index (χ0v) is 12.0. The average Bonchev–Trinajstić information content (AvgIpc) is 2.84. The quantitative estimate of drug-likeness (QED) is 0.658. The third kappa shape index (κ3) is 3.20. The molecule has 1 aliphatic rings. The van der Waals surface area contributed by atoms with E-state index in [4.69, 9.17) is 4.74 Å². The lowest BCUT2D eigenvalue weighted by molar-refractivity contribution is -0.385. The lowest BCUT2D eigenvalue weighted by Crippen LogP contribution is -2.36. The van der Waals surface area contributed by atoms with Gasteiger partial charge in [-0.05, 0) is 26.0 Å². The molecule has 7 nitrogen and oxygen atoms in total. The van der Waals surface area contributed by atoms with Gasteiger partial charge in [0.2, 0.25) is 0 Å². The first-order valence-electron chi connectivity index (χ1n) is 6.73. The van der Waals surface area contributed by atoms with Gasteiger partial charge in [-0.15, -0.1) is 0 Å². The average molecular weight is 294 g/mol. The number of benzene rings is 1. The zero-order valence-electron chi connectivity index (χ0n) is 12.0.